The topological polar surface area (TPSA) is 41.4 Å². The van der Waals surface area contributed by atoms with Crippen molar-refractivity contribution in [2.24, 2.45) is 0 Å². The fraction of sp³-hybridized carbons (Fsp3) is 0.273. The number of benzene rings is 2. The van der Waals surface area contributed by atoms with Gasteiger partial charge in [-0.15, -0.1) is 0 Å². The van der Waals surface area contributed by atoms with Gasteiger partial charge in [-0.1, -0.05) is 48.5 Å². The lowest BCUT2D eigenvalue weighted by atomic mass is 10.2. The van der Waals surface area contributed by atoms with Crippen LogP contribution in [-0.4, -0.2) is 51.4 Å². The Bertz CT molecular complexity index is 932. The molecular formula is C22H24N4O. The lowest BCUT2D eigenvalue weighted by Crippen LogP contribution is -2.48. The van der Waals surface area contributed by atoms with Crippen molar-refractivity contribution in [3.63, 3.8) is 0 Å². The summed E-state index contributed by atoms with van der Waals surface area (Å²) in [7, 11) is 0. The largest absolute Gasteiger partial charge is 0.336 e. The smallest absolute Gasteiger partial charge is 0.253 e. The molecule has 3 aromatic rings. The van der Waals surface area contributed by atoms with Crippen LogP contribution in [-0.2, 0) is 13.1 Å². The van der Waals surface area contributed by atoms with Gasteiger partial charge in [0, 0.05) is 51.0 Å². The second-order valence-corrected chi connectivity index (χ2v) is 6.84. The summed E-state index contributed by atoms with van der Waals surface area (Å²) in [5.41, 5.74) is 2.92. The molecule has 1 aromatic heterocycles. The van der Waals surface area contributed by atoms with Crippen LogP contribution in [0.4, 0.5) is 0 Å². The Morgan fingerprint density at radius 2 is 1.70 bits per heavy atom. The number of hydrogen-bond acceptors (Lipinski definition) is 3. The molecule has 1 aliphatic rings. The first-order valence-electron chi connectivity index (χ1n) is 9.81. The highest BCUT2D eigenvalue weighted by Gasteiger charge is 2.22. The zero-order chi connectivity index (χ0) is 19.3. The lowest BCUT2D eigenvalue weighted by Gasteiger charge is -2.34. The van der Waals surface area contributed by atoms with Crippen LogP contribution in [0.25, 0.3) is 0 Å². The van der Waals surface area contributed by atoms with Crippen LogP contribution in [0, 0.1) is 0 Å². The minimum Gasteiger partial charge on any atom is -0.336 e. The maximum Gasteiger partial charge on any atom is 0.253 e. The number of nitrogens with zero attached hydrogens (tertiary/aromatic N) is 4. The first-order chi connectivity index (χ1) is 13.7. The molecule has 5 heteroatoms. The summed E-state index contributed by atoms with van der Waals surface area (Å²) in [5.74, 6) is -0.0423. The first kappa shape index (κ1) is 16.3. The normalized spacial score (nSPS) is 15.6. The van der Waals surface area contributed by atoms with E-state index in [0.717, 1.165) is 26.2 Å². The van der Waals surface area contributed by atoms with Crippen LogP contribution in [0.1, 0.15) is 23.0 Å². The number of carbonyl (C=O) groups excluding carboxylic acids is 1. The Hall–Kier alpha value is -2.92. The third-order valence-electron chi connectivity index (χ3n) is 4.98. The molecular weight excluding hydrogens is 336 g/mol. The summed E-state index contributed by atoms with van der Waals surface area (Å²) < 4.78 is 10.1. The van der Waals surface area contributed by atoms with Crippen LogP contribution in [0.15, 0.2) is 73.2 Å². The number of hydrogen-bond donors (Lipinski definition) is 0. The van der Waals surface area contributed by atoms with Crippen molar-refractivity contribution in [3.8, 4) is 0 Å². The number of imidazole rings is 1. The van der Waals surface area contributed by atoms with Gasteiger partial charge in [0.2, 0.25) is 0 Å². The van der Waals surface area contributed by atoms with Crippen LogP contribution >= 0.6 is 0 Å². The van der Waals surface area contributed by atoms with Crippen molar-refractivity contribution in [3.05, 3.63) is 90.0 Å². The summed E-state index contributed by atoms with van der Waals surface area (Å²) in [6.07, 6.45) is 3.81. The van der Waals surface area contributed by atoms with E-state index in [0.29, 0.717) is 24.7 Å². The van der Waals surface area contributed by atoms with Gasteiger partial charge in [-0.05, 0) is 17.7 Å². The van der Waals surface area contributed by atoms with E-state index < -0.39 is 0 Å². The Labute approximate surface area is 161 Å². The molecule has 0 aliphatic carbocycles. The summed E-state index contributed by atoms with van der Waals surface area (Å²) in [5, 5.41) is 0. The van der Waals surface area contributed by atoms with Gasteiger partial charge in [-0.2, -0.15) is 0 Å². The summed E-state index contributed by atoms with van der Waals surface area (Å²) in [6, 6.07) is 17.7. The highest BCUT2D eigenvalue weighted by atomic mass is 16.2. The van der Waals surface area contributed by atoms with Gasteiger partial charge in [-0.25, -0.2) is 4.98 Å². The van der Waals surface area contributed by atoms with Crippen molar-refractivity contribution in [1.82, 2.24) is 19.4 Å². The molecule has 138 valence electrons. The van der Waals surface area contributed by atoms with E-state index in [1.165, 1.54) is 11.3 Å². The average molecular weight is 362 g/mol. The van der Waals surface area contributed by atoms with E-state index in [9.17, 15) is 4.79 Å². The standard InChI is InChI=1S/C22H24N4O/c27-22(20-9-5-2-6-10-20)25-13-11-24(12-14-25)17-21-15-23-18-26(21)16-19-7-3-1-4-8-19/h1-10,15,18H,11-14,16-17H2/i9T. The molecule has 0 spiro atoms. The summed E-state index contributed by atoms with van der Waals surface area (Å²) >= 11 is 0. The monoisotopic (exact) mass is 362 g/mol. The molecule has 0 saturated carbocycles. The number of carbonyl (C=O) groups is 1. The lowest BCUT2D eigenvalue weighted by molar-refractivity contribution is 0.0625. The van der Waals surface area contributed by atoms with Crippen molar-refractivity contribution in [2.75, 3.05) is 26.2 Å². The molecule has 1 saturated heterocycles. The maximum absolute atomic E-state index is 12.7. The second-order valence-electron chi connectivity index (χ2n) is 6.84. The van der Waals surface area contributed by atoms with Gasteiger partial charge in [-0.3, -0.25) is 9.69 Å². The fourth-order valence-electron chi connectivity index (χ4n) is 3.44. The predicted octanol–water partition coefficient (Wildman–Crippen LogP) is 2.89. The molecule has 0 atom stereocenters. The van der Waals surface area contributed by atoms with Gasteiger partial charge in [0.05, 0.1) is 13.4 Å². The van der Waals surface area contributed by atoms with E-state index in [2.05, 4.69) is 38.7 Å². The summed E-state index contributed by atoms with van der Waals surface area (Å²) in [4.78, 5) is 21.2. The molecule has 0 unspecified atom stereocenters. The SMILES string of the molecule is [3H]c1ccccc1C(=O)N1CCN(Cc2cncn2Cc2ccccc2)CC1. The summed E-state index contributed by atoms with van der Waals surface area (Å²) in [6.45, 7) is 4.64. The molecule has 2 heterocycles. The van der Waals surface area contributed by atoms with Crippen molar-refractivity contribution in [2.45, 2.75) is 13.1 Å². The molecule has 0 N–H and O–H groups in total. The zero-order valence-corrected chi connectivity index (χ0v) is 15.3. The molecule has 2 aromatic carbocycles. The maximum atomic E-state index is 12.7. The number of amides is 1. The molecule has 0 radical (unpaired) electrons. The van der Waals surface area contributed by atoms with E-state index in [1.54, 1.807) is 18.2 Å². The van der Waals surface area contributed by atoms with Crippen molar-refractivity contribution >= 4 is 5.91 Å². The first-order valence-corrected chi connectivity index (χ1v) is 9.31. The molecule has 27 heavy (non-hydrogen) atoms. The van der Waals surface area contributed by atoms with Gasteiger partial charge in [0.1, 0.15) is 0 Å². The van der Waals surface area contributed by atoms with Crippen LogP contribution in [0.5, 0.6) is 0 Å². The fourth-order valence-corrected chi connectivity index (χ4v) is 3.44. The number of rotatable bonds is 5. The van der Waals surface area contributed by atoms with E-state index in [1.807, 2.05) is 29.6 Å². The number of aromatic nitrogens is 2. The van der Waals surface area contributed by atoms with Gasteiger partial charge in [0.25, 0.3) is 5.91 Å². The minimum absolute atomic E-state index is 0.0423. The van der Waals surface area contributed by atoms with E-state index in [-0.39, 0.29) is 5.91 Å². The molecule has 0 bridgehead atoms. The Kier molecular flexibility index (Phi) is 4.93. The Morgan fingerprint density at radius 1 is 0.963 bits per heavy atom. The van der Waals surface area contributed by atoms with Gasteiger partial charge in [0.15, 0.2) is 0 Å². The molecule has 1 amide bonds. The Balaban J connectivity index is 1.35. The average Bonchev–Trinajstić information content (AvgIpc) is 3.16. The van der Waals surface area contributed by atoms with E-state index in [4.69, 9.17) is 1.37 Å². The number of piperazine rings is 1. The van der Waals surface area contributed by atoms with Gasteiger partial charge >= 0.3 is 0 Å². The van der Waals surface area contributed by atoms with Crippen LogP contribution in [0.3, 0.4) is 0 Å². The van der Waals surface area contributed by atoms with Crippen molar-refractivity contribution in [1.29, 1.82) is 0 Å². The molecule has 5 nitrogen and oxygen atoms in total. The van der Waals surface area contributed by atoms with Crippen LogP contribution < -0.4 is 0 Å². The highest BCUT2D eigenvalue weighted by molar-refractivity contribution is 5.94. The predicted molar refractivity (Wildman–Crippen MR) is 105 cm³/mol. The molecule has 1 fully saturated rings. The van der Waals surface area contributed by atoms with Crippen LogP contribution in [0.2, 0.25) is 0 Å². The quantitative estimate of drug-likeness (QED) is 0.701. The zero-order valence-electron chi connectivity index (χ0n) is 16.3. The second kappa shape index (κ2) is 8.18. The van der Waals surface area contributed by atoms with Gasteiger partial charge < -0.3 is 9.47 Å². The van der Waals surface area contributed by atoms with E-state index >= 15 is 0 Å². The molecule has 4 rings (SSSR count). The highest BCUT2D eigenvalue weighted by Crippen LogP contribution is 2.13. The Morgan fingerprint density at radius 3 is 2.48 bits per heavy atom. The third-order valence-corrected chi connectivity index (χ3v) is 4.98. The van der Waals surface area contributed by atoms with Crippen molar-refractivity contribution < 1.29 is 6.17 Å². The minimum atomic E-state index is -0.0423. The molecule has 1 aliphatic heterocycles. The third kappa shape index (κ3) is 4.26.